The lowest BCUT2D eigenvalue weighted by atomic mass is 9.94. The van der Waals surface area contributed by atoms with Crippen molar-refractivity contribution in [2.75, 3.05) is 0 Å². The summed E-state index contributed by atoms with van der Waals surface area (Å²) in [5, 5.41) is 0. The molecule has 0 saturated carbocycles. The molecule has 0 N–H and O–H groups in total. The zero-order chi connectivity index (χ0) is 33.7. The van der Waals surface area contributed by atoms with Crippen LogP contribution in [0.25, 0.3) is 11.1 Å². The van der Waals surface area contributed by atoms with E-state index >= 15 is 0 Å². The van der Waals surface area contributed by atoms with Crippen LogP contribution >= 0.6 is 0 Å². The quantitative estimate of drug-likeness (QED) is 0.145. The topological polar surface area (TPSA) is 52.6 Å². The van der Waals surface area contributed by atoms with E-state index in [1.165, 1.54) is 13.8 Å². The van der Waals surface area contributed by atoms with Gasteiger partial charge in [0.15, 0.2) is 11.5 Å². The molecule has 0 aliphatic rings. The highest BCUT2D eigenvalue weighted by Gasteiger charge is 2.23. The summed E-state index contributed by atoms with van der Waals surface area (Å²) in [5.74, 6) is 13.0. The number of hydrogen-bond acceptors (Lipinski definition) is 4. The molecule has 2 aromatic carbocycles. The average Bonchev–Trinajstić information content (AvgIpc) is 2.83. The highest BCUT2D eigenvalue weighted by molar-refractivity contribution is 6.85. The fraction of sp³-hybridized carbons (Fsp3) is 0.389. The Morgan fingerprint density at radius 2 is 0.750 bits per heavy atom. The van der Waals surface area contributed by atoms with Crippen LogP contribution in [0.3, 0.4) is 0 Å². The van der Waals surface area contributed by atoms with Crippen LogP contribution in [0.1, 0.15) is 36.1 Å². The van der Waals surface area contributed by atoms with Crippen molar-refractivity contribution in [1.82, 2.24) is 0 Å². The van der Waals surface area contributed by atoms with Crippen LogP contribution in [0.5, 0.6) is 11.5 Å². The first kappa shape index (κ1) is 36.7. The second kappa shape index (κ2) is 14.1. The predicted molar refractivity (Wildman–Crippen MR) is 195 cm³/mol. The minimum atomic E-state index is -1.80. The molecule has 0 fully saturated rings. The van der Waals surface area contributed by atoms with Gasteiger partial charge in [-0.15, -0.1) is 22.2 Å². The number of ether oxygens (including phenoxy) is 2. The maximum absolute atomic E-state index is 12.5. The van der Waals surface area contributed by atoms with Gasteiger partial charge in [-0.1, -0.05) is 102 Å². The predicted octanol–water partition coefficient (Wildman–Crippen LogP) is 8.12. The van der Waals surface area contributed by atoms with E-state index in [0.717, 1.165) is 11.1 Å². The fourth-order valence-electron chi connectivity index (χ4n) is 3.52. The molecule has 0 spiro atoms. The Labute approximate surface area is 269 Å². The number of benzene rings is 2. The molecule has 0 aromatic heterocycles. The number of rotatable bonds is 3. The second-order valence-corrected chi connectivity index (χ2v) is 34.0. The van der Waals surface area contributed by atoms with E-state index in [4.69, 9.17) is 9.47 Å². The summed E-state index contributed by atoms with van der Waals surface area (Å²) < 4.78 is 11.8. The molecule has 8 heteroatoms. The Morgan fingerprint density at radius 1 is 0.477 bits per heavy atom. The molecule has 44 heavy (non-hydrogen) atoms. The summed E-state index contributed by atoms with van der Waals surface area (Å²) in [4.78, 5) is 25.0. The molecular weight excluding hydrogens is 609 g/mol. The van der Waals surface area contributed by atoms with Crippen molar-refractivity contribution in [3.05, 3.63) is 46.5 Å². The molecule has 2 aromatic rings. The van der Waals surface area contributed by atoms with Gasteiger partial charge in [-0.3, -0.25) is 9.59 Å². The lowest BCUT2D eigenvalue weighted by molar-refractivity contribution is -0.132. The molecule has 0 heterocycles. The van der Waals surface area contributed by atoms with Gasteiger partial charge in [0.1, 0.15) is 32.3 Å². The van der Waals surface area contributed by atoms with Gasteiger partial charge in [0, 0.05) is 36.1 Å². The Hall–Kier alpha value is -3.51. The number of esters is 2. The molecule has 0 amide bonds. The normalized spacial score (nSPS) is 11.3. The molecule has 0 bridgehead atoms. The lowest BCUT2D eigenvalue weighted by Crippen LogP contribution is -2.17. The van der Waals surface area contributed by atoms with Gasteiger partial charge >= 0.3 is 11.9 Å². The van der Waals surface area contributed by atoms with Crippen molar-refractivity contribution in [2.45, 2.75) is 92.4 Å². The van der Waals surface area contributed by atoms with Crippen molar-refractivity contribution >= 4 is 44.2 Å². The van der Waals surface area contributed by atoms with E-state index < -0.39 is 44.2 Å². The zero-order valence-electron chi connectivity index (χ0n) is 28.9. The van der Waals surface area contributed by atoms with E-state index in [9.17, 15) is 9.59 Å². The molecular formula is C36H46O4Si4. The van der Waals surface area contributed by atoms with Crippen LogP contribution in [-0.4, -0.2) is 44.2 Å². The lowest BCUT2D eigenvalue weighted by Gasteiger charge is -2.18. The van der Waals surface area contributed by atoms with Crippen LogP contribution in [-0.2, 0) is 9.59 Å². The van der Waals surface area contributed by atoms with Gasteiger partial charge < -0.3 is 9.47 Å². The van der Waals surface area contributed by atoms with Crippen LogP contribution in [0, 0.1) is 45.9 Å². The standard InChI is InChI=1S/C36H46O4Si4/c1-27(37)39-35-31(17-21-43(9,10)11)23-29(15-19-41(3,4)5)25-33(35)34-26-30(16-20-42(6,7)8)24-32(18-22-44(12,13)14)36(34)40-28(2)38/h23-26H,1-14H3. The Bertz CT molecular complexity index is 1580. The van der Waals surface area contributed by atoms with Crippen molar-refractivity contribution in [3.63, 3.8) is 0 Å². The molecule has 0 unspecified atom stereocenters. The maximum Gasteiger partial charge on any atom is 0.308 e. The van der Waals surface area contributed by atoms with Crippen LogP contribution in [0.15, 0.2) is 24.3 Å². The third-order valence-electron chi connectivity index (χ3n) is 5.27. The van der Waals surface area contributed by atoms with Gasteiger partial charge in [-0.2, -0.15) is 0 Å². The first-order valence-electron chi connectivity index (χ1n) is 14.8. The smallest absolute Gasteiger partial charge is 0.308 e. The molecule has 0 aliphatic carbocycles. The monoisotopic (exact) mass is 654 g/mol. The minimum absolute atomic E-state index is 0.301. The van der Waals surface area contributed by atoms with Crippen molar-refractivity contribution < 1.29 is 19.1 Å². The molecule has 4 nitrogen and oxygen atoms in total. The summed E-state index contributed by atoms with van der Waals surface area (Å²) in [6.07, 6.45) is 0. The molecule has 0 aliphatic heterocycles. The Balaban J connectivity index is 3.28. The van der Waals surface area contributed by atoms with Crippen LogP contribution < -0.4 is 9.47 Å². The summed E-state index contributed by atoms with van der Waals surface area (Å²) in [5.41, 5.74) is 17.4. The number of carbonyl (C=O) groups is 2. The van der Waals surface area contributed by atoms with Crippen molar-refractivity contribution in [1.29, 1.82) is 0 Å². The van der Waals surface area contributed by atoms with Crippen molar-refractivity contribution in [3.8, 4) is 68.5 Å². The molecule has 0 saturated heterocycles. The first-order valence-corrected chi connectivity index (χ1v) is 28.8. The summed E-state index contributed by atoms with van der Waals surface area (Å²) in [6, 6.07) is 7.54. The Kier molecular flexibility index (Phi) is 11.7. The van der Waals surface area contributed by atoms with E-state index in [2.05, 4.69) is 124 Å². The summed E-state index contributed by atoms with van der Waals surface area (Å²) in [6.45, 7) is 28.8. The van der Waals surface area contributed by atoms with E-state index in [1.807, 2.05) is 24.3 Å². The van der Waals surface area contributed by atoms with Crippen LogP contribution in [0.2, 0.25) is 78.6 Å². The van der Waals surface area contributed by atoms with Gasteiger partial charge in [-0.25, -0.2) is 0 Å². The van der Waals surface area contributed by atoms with Gasteiger partial charge in [0.05, 0.1) is 11.1 Å². The zero-order valence-corrected chi connectivity index (χ0v) is 32.9. The summed E-state index contributed by atoms with van der Waals surface area (Å²) in [7, 11) is -7.05. The van der Waals surface area contributed by atoms with Gasteiger partial charge in [0.25, 0.3) is 0 Å². The third-order valence-corrected chi connectivity index (χ3v) is 8.77. The van der Waals surface area contributed by atoms with Gasteiger partial charge in [0.2, 0.25) is 0 Å². The van der Waals surface area contributed by atoms with E-state index in [1.54, 1.807) is 0 Å². The average molecular weight is 655 g/mol. The highest BCUT2D eigenvalue weighted by Crippen LogP contribution is 2.42. The SMILES string of the molecule is CC(=O)Oc1c(C#C[Si](C)(C)C)cc(C#C[Si](C)(C)C)cc1-c1cc(C#C[Si](C)(C)C)cc(C#C[Si](C)(C)C)c1OC(C)=O. The minimum Gasteiger partial charge on any atom is -0.425 e. The Morgan fingerprint density at radius 3 is 1.00 bits per heavy atom. The third kappa shape index (κ3) is 13.0. The molecule has 2 rings (SSSR count). The largest absolute Gasteiger partial charge is 0.425 e. The summed E-state index contributed by atoms with van der Waals surface area (Å²) >= 11 is 0. The second-order valence-electron chi connectivity index (χ2n) is 15.0. The first-order chi connectivity index (χ1) is 19.9. The highest BCUT2D eigenvalue weighted by atomic mass is 28.3. The van der Waals surface area contributed by atoms with Crippen molar-refractivity contribution in [2.24, 2.45) is 0 Å². The van der Waals surface area contributed by atoms with E-state index in [0.29, 0.717) is 33.8 Å². The maximum atomic E-state index is 12.5. The number of carbonyl (C=O) groups excluding carboxylic acids is 2. The van der Waals surface area contributed by atoms with Gasteiger partial charge in [-0.05, 0) is 24.3 Å². The number of hydrogen-bond donors (Lipinski definition) is 0. The van der Waals surface area contributed by atoms with Crippen LogP contribution in [0.4, 0.5) is 0 Å². The van der Waals surface area contributed by atoms with E-state index in [-0.39, 0.29) is 0 Å². The molecule has 230 valence electrons. The molecule has 0 atom stereocenters. The molecule has 0 radical (unpaired) electrons. The fourth-order valence-corrected chi connectivity index (χ4v) is 5.58.